The summed E-state index contributed by atoms with van der Waals surface area (Å²) < 4.78 is 0. The van der Waals surface area contributed by atoms with E-state index < -0.39 is 41.8 Å². The van der Waals surface area contributed by atoms with E-state index in [-0.39, 0.29) is 25.2 Å². The zero-order chi connectivity index (χ0) is 20.3. The van der Waals surface area contributed by atoms with Gasteiger partial charge in [0.05, 0.1) is 6.04 Å². The first-order chi connectivity index (χ1) is 12.0. The molecule has 11 N–H and O–H groups in total. The Morgan fingerprint density at radius 3 is 2.15 bits per heavy atom. The lowest BCUT2D eigenvalue weighted by Gasteiger charge is -2.21. The average Bonchev–Trinajstić information content (AvgIpc) is 2.54. The maximum Gasteiger partial charge on any atom is 0.325 e. The molecule has 0 aliphatic heterocycles. The maximum absolute atomic E-state index is 12.1. The van der Waals surface area contributed by atoms with E-state index in [1.54, 1.807) is 0 Å². The summed E-state index contributed by atoms with van der Waals surface area (Å²) in [5.41, 5.74) is 21.2. The number of carbonyl (C=O) groups excluding carboxylic acids is 3. The van der Waals surface area contributed by atoms with Crippen molar-refractivity contribution < 1.29 is 24.3 Å². The van der Waals surface area contributed by atoms with Crippen molar-refractivity contribution in [3.05, 3.63) is 0 Å². The molecular formula is C14H27N7O5. The van der Waals surface area contributed by atoms with Crippen molar-refractivity contribution >= 4 is 29.7 Å². The van der Waals surface area contributed by atoms with Crippen LogP contribution in [0, 0.1) is 0 Å². The fourth-order valence-corrected chi connectivity index (χ4v) is 1.86. The lowest BCUT2D eigenvalue weighted by Crippen LogP contribution is -2.54. The Balaban J connectivity index is 4.74. The number of aliphatic imine (C=N–C) groups is 1. The van der Waals surface area contributed by atoms with Crippen LogP contribution >= 0.6 is 0 Å². The first-order valence-electron chi connectivity index (χ1n) is 7.97. The van der Waals surface area contributed by atoms with Crippen LogP contribution in [0.4, 0.5) is 0 Å². The summed E-state index contributed by atoms with van der Waals surface area (Å²) in [6.07, 6.45) is 0.457. The van der Waals surface area contributed by atoms with E-state index in [9.17, 15) is 19.2 Å². The second kappa shape index (κ2) is 11.6. The van der Waals surface area contributed by atoms with Crippen LogP contribution in [0.1, 0.15) is 32.6 Å². The van der Waals surface area contributed by atoms with E-state index in [2.05, 4.69) is 15.6 Å². The molecule has 148 valence electrons. The van der Waals surface area contributed by atoms with E-state index in [0.717, 1.165) is 0 Å². The highest BCUT2D eigenvalue weighted by atomic mass is 16.4. The Morgan fingerprint density at radius 2 is 1.65 bits per heavy atom. The number of nitrogens with two attached hydrogens (primary N) is 4. The Kier molecular flexibility index (Phi) is 10.3. The van der Waals surface area contributed by atoms with E-state index in [4.69, 9.17) is 28.0 Å². The third-order valence-corrected chi connectivity index (χ3v) is 3.35. The molecule has 0 heterocycles. The molecule has 12 heteroatoms. The first-order valence-corrected chi connectivity index (χ1v) is 7.97. The summed E-state index contributed by atoms with van der Waals surface area (Å²) in [5, 5.41) is 13.5. The molecule has 3 amide bonds. The van der Waals surface area contributed by atoms with Gasteiger partial charge in [-0.25, -0.2) is 0 Å². The highest BCUT2D eigenvalue weighted by molar-refractivity contribution is 5.92. The summed E-state index contributed by atoms with van der Waals surface area (Å²) in [7, 11) is 0. The van der Waals surface area contributed by atoms with Crippen molar-refractivity contribution in [2.45, 2.75) is 50.7 Å². The molecule has 0 spiro atoms. The van der Waals surface area contributed by atoms with E-state index in [0.29, 0.717) is 13.0 Å². The van der Waals surface area contributed by atoms with Crippen LogP contribution in [0.5, 0.6) is 0 Å². The number of guanidine groups is 1. The molecule has 0 rings (SSSR count). The van der Waals surface area contributed by atoms with Gasteiger partial charge < -0.3 is 38.7 Å². The molecule has 12 nitrogen and oxygen atoms in total. The largest absolute Gasteiger partial charge is 0.480 e. The van der Waals surface area contributed by atoms with Crippen LogP contribution in [-0.4, -0.2) is 59.4 Å². The standard InChI is InChI=1S/C14H27N7O5/c1-7(13(25)26)20-12(24)9(4-5-10(16)22)21-11(23)8(15)3-2-6-19-14(17)18/h7-9H,2-6,15H2,1H3,(H2,16,22)(H,20,24)(H,21,23)(H,25,26)(H4,17,18,19). The number of nitrogens with one attached hydrogen (secondary N) is 2. The van der Waals surface area contributed by atoms with Gasteiger partial charge in [0.2, 0.25) is 17.7 Å². The topological polar surface area (TPSA) is 229 Å². The summed E-state index contributed by atoms with van der Waals surface area (Å²) in [5.74, 6) is -3.34. The van der Waals surface area contributed by atoms with Crippen molar-refractivity contribution in [2.24, 2.45) is 27.9 Å². The Morgan fingerprint density at radius 1 is 1.04 bits per heavy atom. The molecule has 3 unspecified atom stereocenters. The molecule has 0 aliphatic carbocycles. The predicted molar refractivity (Wildman–Crippen MR) is 93.5 cm³/mol. The molecule has 0 aromatic carbocycles. The molecule has 0 bridgehead atoms. The summed E-state index contributed by atoms with van der Waals surface area (Å²) in [6, 6.07) is -3.23. The quantitative estimate of drug-likeness (QED) is 0.104. The fourth-order valence-electron chi connectivity index (χ4n) is 1.86. The van der Waals surface area contributed by atoms with Gasteiger partial charge in [-0.1, -0.05) is 0 Å². The fraction of sp³-hybridized carbons (Fsp3) is 0.643. The molecule has 0 aromatic rings. The predicted octanol–water partition coefficient (Wildman–Crippen LogP) is -3.29. The van der Waals surface area contributed by atoms with Crippen molar-refractivity contribution in [1.82, 2.24) is 10.6 Å². The van der Waals surface area contributed by atoms with Gasteiger partial charge in [-0.15, -0.1) is 0 Å². The number of nitrogens with zero attached hydrogens (tertiary/aromatic N) is 1. The van der Waals surface area contributed by atoms with Crippen LogP contribution in [0.25, 0.3) is 0 Å². The smallest absolute Gasteiger partial charge is 0.325 e. The number of rotatable bonds is 12. The van der Waals surface area contributed by atoms with Crippen LogP contribution in [0.15, 0.2) is 4.99 Å². The van der Waals surface area contributed by atoms with Crippen molar-refractivity contribution in [2.75, 3.05) is 6.54 Å². The highest BCUT2D eigenvalue weighted by Crippen LogP contribution is 2.02. The molecule has 0 fully saturated rings. The molecule has 0 radical (unpaired) electrons. The van der Waals surface area contributed by atoms with Crippen LogP contribution < -0.4 is 33.6 Å². The molecular weight excluding hydrogens is 346 g/mol. The van der Waals surface area contributed by atoms with E-state index >= 15 is 0 Å². The summed E-state index contributed by atoms with van der Waals surface area (Å²) in [6.45, 7) is 1.56. The number of aliphatic carboxylic acids is 1. The molecule has 3 atom stereocenters. The lowest BCUT2D eigenvalue weighted by molar-refractivity contribution is -0.141. The van der Waals surface area contributed by atoms with Gasteiger partial charge in [-0.05, 0) is 26.2 Å². The summed E-state index contributed by atoms with van der Waals surface area (Å²) in [4.78, 5) is 49.8. The first kappa shape index (κ1) is 23.1. The second-order valence-electron chi connectivity index (χ2n) is 5.69. The number of carboxylic acid groups (broad SMARTS) is 1. The normalized spacial score (nSPS) is 13.8. The number of hydrogen-bond donors (Lipinski definition) is 7. The minimum absolute atomic E-state index is 0.0706. The van der Waals surface area contributed by atoms with Crippen molar-refractivity contribution in [3.63, 3.8) is 0 Å². The van der Waals surface area contributed by atoms with Gasteiger partial charge in [0.25, 0.3) is 0 Å². The second-order valence-corrected chi connectivity index (χ2v) is 5.69. The maximum atomic E-state index is 12.1. The molecule has 0 saturated carbocycles. The van der Waals surface area contributed by atoms with Crippen LogP contribution in [0.3, 0.4) is 0 Å². The molecule has 0 aliphatic rings. The SMILES string of the molecule is CC(NC(=O)C(CCC(N)=O)NC(=O)C(N)CCCN=C(N)N)C(=O)O. The number of amides is 3. The average molecular weight is 373 g/mol. The van der Waals surface area contributed by atoms with Gasteiger partial charge in [0.15, 0.2) is 5.96 Å². The van der Waals surface area contributed by atoms with Gasteiger partial charge in [-0.2, -0.15) is 0 Å². The van der Waals surface area contributed by atoms with Crippen molar-refractivity contribution in [3.8, 4) is 0 Å². The number of carboxylic acids is 1. The molecule has 0 aromatic heterocycles. The highest BCUT2D eigenvalue weighted by Gasteiger charge is 2.26. The molecule has 26 heavy (non-hydrogen) atoms. The lowest BCUT2D eigenvalue weighted by atomic mass is 10.1. The van der Waals surface area contributed by atoms with Crippen LogP contribution in [0.2, 0.25) is 0 Å². The number of carbonyl (C=O) groups is 4. The zero-order valence-corrected chi connectivity index (χ0v) is 14.6. The van der Waals surface area contributed by atoms with E-state index in [1.165, 1.54) is 6.92 Å². The molecule has 0 saturated heterocycles. The Labute approximate surface area is 150 Å². The third-order valence-electron chi connectivity index (χ3n) is 3.35. The summed E-state index contributed by atoms with van der Waals surface area (Å²) >= 11 is 0. The van der Waals surface area contributed by atoms with Gasteiger partial charge >= 0.3 is 5.97 Å². The van der Waals surface area contributed by atoms with E-state index in [1.807, 2.05) is 0 Å². The van der Waals surface area contributed by atoms with Gasteiger partial charge in [0, 0.05) is 13.0 Å². The minimum Gasteiger partial charge on any atom is -0.480 e. The monoisotopic (exact) mass is 373 g/mol. The zero-order valence-electron chi connectivity index (χ0n) is 14.6. The van der Waals surface area contributed by atoms with Crippen molar-refractivity contribution in [1.29, 1.82) is 0 Å². The van der Waals surface area contributed by atoms with Gasteiger partial charge in [-0.3, -0.25) is 24.2 Å². The van der Waals surface area contributed by atoms with Crippen LogP contribution in [-0.2, 0) is 19.2 Å². The Hall–Kier alpha value is -2.89. The Bertz CT molecular complexity index is 548. The third kappa shape index (κ3) is 10.1. The number of hydrogen-bond acceptors (Lipinski definition) is 6. The van der Waals surface area contributed by atoms with Gasteiger partial charge in [0.1, 0.15) is 12.1 Å². The number of primary amides is 1. The minimum atomic E-state index is -1.24.